The van der Waals surface area contributed by atoms with Crippen LogP contribution in [0.5, 0.6) is 0 Å². The van der Waals surface area contributed by atoms with E-state index in [-0.39, 0.29) is 0 Å². The summed E-state index contributed by atoms with van der Waals surface area (Å²) in [5, 5.41) is 0. The highest BCUT2D eigenvalue weighted by atomic mass is 32.3. The lowest BCUT2D eigenvalue weighted by Gasteiger charge is -1.88. The molecular formula is C6H12N2O8S2. The van der Waals surface area contributed by atoms with E-state index in [9.17, 15) is 0 Å². The monoisotopic (exact) mass is 304 g/mol. The highest BCUT2D eigenvalue weighted by Crippen LogP contribution is 2.02. The lowest BCUT2D eigenvalue weighted by molar-refractivity contribution is -0.265. The van der Waals surface area contributed by atoms with Gasteiger partial charge < -0.3 is 20.6 Å². The molecule has 0 aromatic heterocycles. The molecule has 12 heteroatoms. The Morgan fingerprint density at radius 2 is 1.11 bits per heavy atom. The van der Waals surface area contributed by atoms with Gasteiger partial charge in [-0.3, -0.25) is 9.11 Å². The molecule has 0 unspecified atom stereocenters. The van der Waals surface area contributed by atoms with E-state index in [0.717, 1.165) is 11.4 Å². The molecule has 0 saturated carbocycles. The Hall–Kier alpha value is -1.12. The van der Waals surface area contributed by atoms with Gasteiger partial charge in [-0.2, -0.15) is 0 Å². The topological polar surface area (TPSA) is 210 Å². The first kappa shape index (κ1) is 19.2. The molecule has 0 heterocycles. The van der Waals surface area contributed by atoms with Crippen LogP contribution in [0, 0.1) is 0 Å². The van der Waals surface area contributed by atoms with Crippen LogP contribution in [0.1, 0.15) is 0 Å². The van der Waals surface area contributed by atoms with E-state index in [1.165, 1.54) is 0 Å². The summed E-state index contributed by atoms with van der Waals surface area (Å²) in [5.41, 5.74) is 9.53. The second-order valence-electron chi connectivity index (χ2n) is 2.68. The van der Waals surface area contributed by atoms with Gasteiger partial charge in [-0.15, -0.1) is 0 Å². The van der Waals surface area contributed by atoms with E-state index in [2.05, 4.69) is 11.5 Å². The van der Waals surface area contributed by atoms with Gasteiger partial charge in [-0.1, -0.05) is 6.07 Å². The van der Waals surface area contributed by atoms with E-state index in [1.807, 2.05) is 24.3 Å². The first-order valence-corrected chi connectivity index (χ1v) is 6.62. The molecule has 0 amide bonds. The van der Waals surface area contributed by atoms with Gasteiger partial charge >= 0.3 is 0 Å². The minimum atomic E-state index is -4.92. The smallest absolute Gasteiger partial charge is 0.215 e. The summed E-state index contributed by atoms with van der Waals surface area (Å²) in [7, 11) is -9.83. The Bertz CT molecular complexity index is 489. The number of quaternary nitrogens is 2. The second-order valence-corrected chi connectivity index (χ2v) is 4.39. The first-order valence-electron chi connectivity index (χ1n) is 3.89. The minimum Gasteiger partial charge on any atom is -0.726 e. The van der Waals surface area contributed by atoms with Crippen molar-refractivity contribution in [1.82, 2.24) is 0 Å². The van der Waals surface area contributed by atoms with Crippen molar-refractivity contribution in [1.29, 1.82) is 0 Å². The number of benzene rings is 1. The summed E-state index contributed by atoms with van der Waals surface area (Å²) in [6.07, 6.45) is 0. The Morgan fingerprint density at radius 3 is 1.22 bits per heavy atom. The molecule has 1 aromatic rings. The zero-order chi connectivity index (χ0) is 15.0. The van der Waals surface area contributed by atoms with Gasteiger partial charge in [0.25, 0.3) is 0 Å². The van der Waals surface area contributed by atoms with E-state index in [1.54, 1.807) is 0 Å². The normalized spacial score (nSPS) is 10.6. The van der Waals surface area contributed by atoms with Gasteiger partial charge in [-0.05, 0) is 12.1 Å². The van der Waals surface area contributed by atoms with Crippen LogP contribution in [0.3, 0.4) is 0 Å². The van der Waals surface area contributed by atoms with Crippen molar-refractivity contribution in [3.05, 3.63) is 24.3 Å². The SMILES string of the molecule is O=S(=O)([O-])O.O=S(=O)([O-])O.[NH3+]c1cccc([NH3+])c1. The zero-order valence-electron chi connectivity index (χ0n) is 8.88. The molecule has 0 saturated heterocycles. The summed E-state index contributed by atoms with van der Waals surface area (Å²) in [6, 6.07) is 7.80. The highest BCUT2D eigenvalue weighted by molar-refractivity contribution is 7.80. The summed E-state index contributed by atoms with van der Waals surface area (Å²) >= 11 is 0. The van der Waals surface area contributed by atoms with Crippen molar-refractivity contribution in [2.45, 2.75) is 0 Å². The number of hydrogen-bond donors (Lipinski definition) is 4. The average molecular weight is 304 g/mol. The standard InChI is InChI=1S/C6H8N2.2H2O4S/c7-5-2-1-3-6(8)4-5;2*1-5(2,3)4/h1-4H,7-8H2;2*(H2,1,2,3,4). The zero-order valence-corrected chi connectivity index (χ0v) is 10.5. The fourth-order valence-electron chi connectivity index (χ4n) is 0.630. The van der Waals surface area contributed by atoms with Crippen molar-refractivity contribution < 1.29 is 46.5 Å². The summed E-state index contributed by atoms with van der Waals surface area (Å²) in [4.78, 5) is 0. The fourth-order valence-corrected chi connectivity index (χ4v) is 0.630. The third kappa shape index (κ3) is 36.4. The largest absolute Gasteiger partial charge is 0.726 e. The fraction of sp³-hybridized carbons (Fsp3) is 0. The predicted molar refractivity (Wildman–Crippen MR) is 56.2 cm³/mol. The molecule has 0 radical (unpaired) electrons. The molecule has 1 rings (SSSR count). The molecule has 0 bridgehead atoms. The molecule has 0 fully saturated rings. The van der Waals surface area contributed by atoms with Crippen LogP contribution in [-0.2, 0) is 20.8 Å². The molecule has 1 aromatic carbocycles. The van der Waals surface area contributed by atoms with Crippen LogP contribution < -0.4 is 11.5 Å². The summed E-state index contributed by atoms with van der Waals surface area (Å²) in [6.45, 7) is 0. The highest BCUT2D eigenvalue weighted by Gasteiger charge is 1.88. The molecule has 0 aliphatic heterocycles. The quantitative estimate of drug-likeness (QED) is 0.295. The van der Waals surface area contributed by atoms with Gasteiger partial charge in [-0.25, -0.2) is 16.8 Å². The molecule has 8 N–H and O–H groups in total. The Labute approximate surface area is 103 Å². The van der Waals surface area contributed by atoms with Gasteiger partial charge in [0.2, 0.25) is 20.8 Å². The third-order valence-electron chi connectivity index (χ3n) is 0.991. The van der Waals surface area contributed by atoms with Gasteiger partial charge in [0.15, 0.2) is 0 Å². The Kier molecular flexibility index (Phi) is 8.61. The van der Waals surface area contributed by atoms with Crippen LogP contribution >= 0.6 is 0 Å². The Morgan fingerprint density at radius 1 is 0.889 bits per heavy atom. The minimum absolute atomic E-state index is 1.03. The maximum atomic E-state index is 8.63. The molecule has 106 valence electrons. The van der Waals surface area contributed by atoms with E-state index >= 15 is 0 Å². The molecule has 0 aliphatic carbocycles. The molecule has 0 spiro atoms. The van der Waals surface area contributed by atoms with Gasteiger partial charge in [0.05, 0.1) is 6.07 Å². The lowest BCUT2D eigenvalue weighted by Crippen LogP contribution is -2.43. The van der Waals surface area contributed by atoms with Gasteiger partial charge in [0, 0.05) is 0 Å². The molecule has 0 aliphatic rings. The third-order valence-corrected chi connectivity index (χ3v) is 0.991. The predicted octanol–water partition coefficient (Wildman–Crippen LogP) is -2.56. The van der Waals surface area contributed by atoms with Crippen LogP contribution in [0.4, 0.5) is 11.4 Å². The number of rotatable bonds is 0. The van der Waals surface area contributed by atoms with Crippen molar-refractivity contribution in [2.24, 2.45) is 0 Å². The molecule has 10 nitrogen and oxygen atoms in total. The van der Waals surface area contributed by atoms with E-state index < -0.39 is 20.8 Å². The van der Waals surface area contributed by atoms with Crippen LogP contribution in [-0.4, -0.2) is 35.0 Å². The molecule has 0 atom stereocenters. The average Bonchev–Trinajstić information content (AvgIpc) is 1.95. The van der Waals surface area contributed by atoms with Crippen LogP contribution in [0.25, 0.3) is 0 Å². The van der Waals surface area contributed by atoms with Crippen molar-refractivity contribution in [3.63, 3.8) is 0 Å². The van der Waals surface area contributed by atoms with E-state index in [4.69, 9.17) is 35.0 Å². The Balaban J connectivity index is 0. The summed E-state index contributed by atoms with van der Waals surface area (Å²) < 4.78 is 65.7. The van der Waals surface area contributed by atoms with Crippen molar-refractivity contribution in [2.75, 3.05) is 0 Å². The van der Waals surface area contributed by atoms with Gasteiger partial charge in [0.1, 0.15) is 11.4 Å². The maximum absolute atomic E-state index is 8.63. The first-order chi connectivity index (χ1) is 7.79. The lowest BCUT2D eigenvalue weighted by atomic mass is 10.3. The van der Waals surface area contributed by atoms with Crippen LogP contribution in [0.15, 0.2) is 24.3 Å². The maximum Gasteiger partial charge on any atom is 0.215 e. The molecule has 18 heavy (non-hydrogen) atoms. The number of hydrogen-bond acceptors (Lipinski definition) is 6. The second kappa shape index (κ2) is 8.06. The molecular weight excluding hydrogens is 292 g/mol. The summed E-state index contributed by atoms with van der Waals surface area (Å²) in [5.74, 6) is 0. The van der Waals surface area contributed by atoms with Crippen molar-refractivity contribution in [3.8, 4) is 0 Å². The van der Waals surface area contributed by atoms with Crippen LogP contribution in [0.2, 0.25) is 0 Å². The van der Waals surface area contributed by atoms with E-state index in [0.29, 0.717) is 0 Å². The van der Waals surface area contributed by atoms with Crippen molar-refractivity contribution >= 4 is 32.2 Å².